The van der Waals surface area contributed by atoms with Crippen molar-refractivity contribution in [2.24, 2.45) is 35.5 Å². The molecule has 11 atom stereocenters. The molecule has 0 saturated carbocycles. The van der Waals surface area contributed by atoms with Gasteiger partial charge in [0.15, 0.2) is 16.6 Å². The van der Waals surface area contributed by atoms with Crippen LogP contribution in [-0.4, -0.2) is 65.3 Å². The number of allylic oxidation sites excluding steroid dienone is 5. The number of carbonyl (C=O) groups is 1. The Kier molecular flexibility index (Phi) is 20.1. The molecule has 0 aliphatic carbocycles. The fraction of sp³-hybridized carbons (Fsp3) is 0.717. The molecule has 0 saturated heterocycles. The summed E-state index contributed by atoms with van der Waals surface area (Å²) in [5, 5.41) is 11.2. The maximum absolute atomic E-state index is 13.4. The number of hydrogen-bond donors (Lipinski definition) is 1. The summed E-state index contributed by atoms with van der Waals surface area (Å²) in [6.07, 6.45) is 19.1. The SMILES string of the molecule is C=C/C=C\[C@H](C)[C@@H]1OC(=O)/C=C\C=C\[C@@H](C)[C@@H](O)C[C@H](OC)/C=C\[C@H](C)[C@H](O[Si](C)(C)C(C)(C)C)[C@@H](C)/C=C(/C)C[C@H](C)[C@@H](O[Si](C)(C)C(C)(C)C)[C@@H]1C. The van der Waals surface area contributed by atoms with Gasteiger partial charge < -0.3 is 23.4 Å². The zero-order chi connectivity index (χ0) is 41.8. The van der Waals surface area contributed by atoms with E-state index >= 15 is 0 Å². The summed E-state index contributed by atoms with van der Waals surface area (Å²) in [6, 6.07) is 0. The Morgan fingerprint density at radius 1 is 0.870 bits per heavy atom. The first-order valence-corrected chi connectivity index (χ1v) is 26.3. The third kappa shape index (κ3) is 15.6. The molecule has 0 aromatic heterocycles. The van der Waals surface area contributed by atoms with E-state index in [9.17, 15) is 9.90 Å². The maximum atomic E-state index is 13.4. The van der Waals surface area contributed by atoms with Crippen molar-refractivity contribution in [3.63, 3.8) is 0 Å². The minimum Gasteiger partial charge on any atom is -0.458 e. The van der Waals surface area contributed by atoms with E-state index in [0.29, 0.717) is 6.42 Å². The Hall–Kier alpha value is -1.82. The molecule has 1 rings (SSSR count). The second kappa shape index (κ2) is 21.6. The molecule has 0 aromatic carbocycles. The van der Waals surface area contributed by atoms with Crippen LogP contribution in [-0.2, 0) is 23.1 Å². The zero-order valence-electron chi connectivity index (χ0n) is 37.7. The van der Waals surface area contributed by atoms with Gasteiger partial charge in [0, 0.05) is 37.4 Å². The van der Waals surface area contributed by atoms with Gasteiger partial charge in [-0.1, -0.05) is 150 Å². The van der Waals surface area contributed by atoms with Gasteiger partial charge in [-0.05, 0) is 67.4 Å². The smallest absolute Gasteiger partial charge is 0.331 e. The van der Waals surface area contributed by atoms with Crippen LogP contribution in [0.3, 0.4) is 0 Å². The van der Waals surface area contributed by atoms with Gasteiger partial charge in [0.05, 0.1) is 24.4 Å². The van der Waals surface area contributed by atoms with E-state index in [0.717, 1.165) is 6.42 Å². The molecule has 0 fully saturated rings. The number of aliphatic hydroxyl groups is 1. The van der Waals surface area contributed by atoms with Crippen molar-refractivity contribution >= 4 is 22.6 Å². The van der Waals surface area contributed by atoms with E-state index in [1.807, 2.05) is 25.2 Å². The molecule has 0 unspecified atom stereocenters. The minimum absolute atomic E-state index is 0.00672. The molecule has 1 N–H and O–H groups in total. The number of methoxy groups -OCH3 is 1. The lowest BCUT2D eigenvalue weighted by Gasteiger charge is -2.45. The van der Waals surface area contributed by atoms with E-state index in [2.05, 4.69) is 140 Å². The molecule has 54 heavy (non-hydrogen) atoms. The molecule has 1 aliphatic rings. The minimum atomic E-state index is -2.23. The zero-order valence-corrected chi connectivity index (χ0v) is 39.7. The van der Waals surface area contributed by atoms with E-state index in [-0.39, 0.29) is 63.9 Å². The lowest BCUT2D eigenvalue weighted by Crippen LogP contribution is -2.50. The summed E-state index contributed by atoms with van der Waals surface area (Å²) in [4.78, 5) is 13.4. The van der Waals surface area contributed by atoms with Gasteiger partial charge in [0.2, 0.25) is 0 Å². The molecule has 0 amide bonds. The Morgan fingerprint density at radius 2 is 1.43 bits per heavy atom. The third-order valence-corrected chi connectivity index (χ3v) is 21.3. The average molecular weight is 787 g/mol. The van der Waals surface area contributed by atoms with E-state index < -0.39 is 34.8 Å². The Bertz CT molecular complexity index is 1310. The van der Waals surface area contributed by atoms with Crippen molar-refractivity contribution in [1.29, 1.82) is 0 Å². The summed E-state index contributed by atoms with van der Waals surface area (Å²) in [5.74, 6) is -0.320. The summed E-state index contributed by atoms with van der Waals surface area (Å²) in [7, 11) is -2.67. The summed E-state index contributed by atoms with van der Waals surface area (Å²) >= 11 is 0. The molecule has 0 aromatic rings. The van der Waals surface area contributed by atoms with Crippen LogP contribution in [0.15, 0.2) is 72.9 Å². The van der Waals surface area contributed by atoms with Crippen molar-refractivity contribution in [3.8, 4) is 0 Å². The topological polar surface area (TPSA) is 74.2 Å². The van der Waals surface area contributed by atoms with Crippen molar-refractivity contribution in [2.45, 2.75) is 170 Å². The predicted octanol–water partition coefficient (Wildman–Crippen LogP) is 12.0. The second-order valence-electron chi connectivity index (χ2n) is 19.4. The molecule has 0 bridgehead atoms. The fourth-order valence-corrected chi connectivity index (χ4v) is 9.68. The van der Waals surface area contributed by atoms with Crippen molar-refractivity contribution in [3.05, 3.63) is 72.9 Å². The van der Waals surface area contributed by atoms with Crippen LogP contribution in [0.5, 0.6) is 0 Å². The molecule has 1 heterocycles. The van der Waals surface area contributed by atoms with Crippen molar-refractivity contribution < 1.29 is 28.2 Å². The number of aliphatic hydroxyl groups excluding tert-OH is 1. The lowest BCUT2D eigenvalue weighted by molar-refractivity contribution is -0.150. The Morgan fingerprint density at radius 3 is 1.94 bits per heavy atom. The van der Waals surface area contributed by atoms with Gasteiger partial charge in [-0.25, -0.2) is 4.79 Å². The third-order valence-electron chi connectivity index (χ3n) is 12.4. The first kappa shape index (κ1) is 50.2. The van der Waals surface area contributed by atoms with Crippen LogP contribution >= 0.6 is 0 Å². The molecule has 310 valence electrons. The van der Waals surface area contributed by atoms with Gasteiger partial charge in [-0.15, -0.1) is 0 Å². The first-order chi connectivity index (χ1) is 24.7. The monoisotopic (exact) mass is 787 g/mol. The number of cyclic esters (lactones) is 1. The summed E-state index contributed by atoms with van der Waals surface area (Å²) < 4.78 is 26.7. The molecule has 0 spiro atoms. The van der Waals surface area contributed by atoms with Gasteiger partial charge in [0.1, 0.15) is 6.10 Å². The number of rotatable bonds is 8. The summed E-state index contributed by atoms with van der Waals surface area (Å²) in [5.41, 5.74) is 1.29. The number of ether oxygens (including phenoxy) is 2. The van der Waals surface area contributed by atoms with Crippen molar-refractivity contribution in [1.82, 2.24) is 0 Å². The van der Waals surface area contributed by atoms with E-state index in [1.165, 1.54) is 11.6 Å². The van der Waals surface area contributed by atoms with Crippen LogP contribution in [0.25, 0.3) is 0 Å². The predicted molar refractivity (Wildman–Crippen MR) is 236 cm³/mol. The molecule has 0 radical (unpaired) electrons. The average Bonchev–Trinajstić information content (AvgIpc) is 3.05. The maximum Gasteiger partial charge on any atom is 0.331 e. The fourth-order valence-electron chi connectivity index (χ4n) is 6.74. The van der Waals surface area contributed by atoms with Gasteiger partial charge in [0.25, 0.3) is 0 Å². The van der Waals surface area contributed by atoms with Gasteiger partial charge in [-0.2, -0.15) is 0 Å². The van der Waals surface area contributed by atoms with Crippen LogP contribution in [0.1, 0.15) is 103 Å². The molecular formula is C46H82O6Si2. The number of esters is 1. The van der Waals surface area contributed by atoms with Gasteiger partial charge >= 0.3 is 5.97 Å². The highest BCUT2D eigenvalue weighted by Gasteiger charge is 2.44. The largest absolute Gasteiger partial charge is 0.458 e. The first-order valence-electron chi connectivity index (χ1n) is 20.5. The molecular weight excluding hydrogens is 705 g/mol. The highest BCUT2D eigenvalue weighted by atomic mass is 28.4. The standard InChI is InChI=1S/C46H82O6Si2/c1-20-21-24-34(4)43-38(8)44(52-54(18,19)46(12,13)14)37(7)30-32(2)29-36(6)42(51-53(16,17)45(9,10)11)35(5)27-28-39(49-15)31-40(47)33(3)25-22-23-26-41(48)50-43/h20-29,33-40,42-44,47H,1,30-31H2,2-19H3/b24-21-,25-22+,26-23-,28-27-,32-29-/t33-,34+,35+,36+,37+,38-,39-,40+,42+,43+,44-/m1/s1. The molecule has 8 heteroatoms. The van der Waals surface area contributed by atoms with Crippen LogP contribution in [0, 0.1) is 35.5 Å². The Balaban J connectivity index is 3.94. The quantitative estimate of drug-likeness (QED) is 0.114. The molecule has 6 nitrogen and oxygen atoms in total. The lowest BCUT2D eigenvalue weighted by atomic mass is 9.81. The Labute approximate surface area is 334 Å². The van der Waals surface area contributed by atoms with Crippen LogP contribution < -0.4 is 0 Å². The van der Waals surface area contributed by atoms with E-state index in [4.69, 9.17) is 18.3 Å². The van der Waals surface area contributed by atoms with Crippen LogP contribution in [0.4, 0.5) is 0 Å². The van der Waals surface area contributed by atoms with Crippen LogP contribution in [0.2, 0.25) is 36.3 Å². The summed E-state index contributed by atoms with van der Waals surface area (Å²) in [6.45, 7) is 42.1. The molecule has 1 aliphatic heterocycles. The number of hydrogen-bond acceptors (Lipinski definition) is 6. The number of carbonyl (C=O) groups excluding carboxylic acids is 1. The normalized spacial score (nSPS) is 34.4. The van der Waals surface area contributed by atoms with Crippen molar-refractivity contribution in [2.75, 3.05) is 7.11 Å². The van der Waals surface area contributed by atoms with Gasteiger partial charge in [-0.3, -0.25) is 0 Å². The second-order valence-corrected chi connectivity index (χ2v) is 28.9. The van der Waals surface area contributed by atoms with E-state index in [1.54, 1.807) is 19.3 Å². The highest BCUT2D eigenvalue weighted by molar-refractivity contribution is 6.74. The highest BCUT2D eigenvalue weighted by Crippen LogP contribution is 2.42.